The quantitative estimate of drug-likeness (QED) is 0.128. The van der Waals surface area contributed by atoms with Crippen molar-refractivity contribution in [2.45, 2.75) is 34.6 Å². The van der Waals surface area contributed by atoms with Gasteiger partial charge in [-0.25, -0.2) is 0 Å². The number of hydrogen-bond acceptors (Lipinski definition) is 5. The van der Waals surface area contributed by atoms with Gasteiger partial charge in [-0.05, 0) is 115 Å². The maximum Gasteiger partial charge on any atom is 0.0266 e. The molecule has 10 heteroatoms. The Hall–Kier alpha value is -8.80. The Labute approximate surface area is 658 Å². The van der Waals surface area contributed by atoms with Crippen molar-refractivity contribution < 1.29 is 101 Å². The summed E-state index contributed by atoms with van der Waals surface area (Å²) < 4.78 is 0. The van der Waals surface area contributed by atoms with Crippen LogP contribution in [0.5, 0.6) is 0 Å². The van der Waals surface area contributed by atoms with Gasteiger partial charge in [0.05, 0.1) is 0 Å². The van der Waals surface area contributed by atoms with Crippen LogP contribution in [-0.2, 0) is 101 Å². The first-order valence-corrected chi connectivity index (χ1v) is 31.7. The Bertz CT molecular complexity index is 4610. The van der Waals surface area contributed by atoms with Crippen LogP contribution in [0.4, 0.5) is 0 Å². The normalized spacial score (nSPS) is 9.85. The van der Waals surface area contributed by atoms with Gasteiger partial charge in [0.1, 0.15) is 0 Å². The molecule has 0 aliphatic heterocycles. The van der Waals surface area contributed by atoms with Gasteiger partial charge in [0, 0.05) is 131 Å². The average molecular weight is 2180 g/mol. The van der Waals surface area contributed by atoms with Gasteiger partial charge in [-0.3, -0.25) is 0 Å². The molecular weight excluding hydrogens is 2110 g/mol. The molecule has 15 aromatic rings. The molecule has 5 aromatic heterocycles. The SMILES string of the molecule is Cc1ccc(-c2[c-]ccc(-c3ccccc3)c2)nc1.Cc1ccc(-c2cc[c-]c(-c3ccccn3)c2)cc1.Cc1cccc(-c2[c-]ccc(-c3ccccc3)c2)n1.Cc1cccc(-c2cc[c-]c(-c3ccccn3)c2)c1.Cc1cccnc1-c1[c-]cc(-c2ccccc2)cc1.[Ir].[Ir].[Ir].[Ir].[Ir]. The Morgan fingerprint density at radius 2 is 0.640 bits per heavy atom. The topological polar surface area (TPSA) is 64.5 Å². The van der Waals surface area contributed by atoms with Crippen molar-refractivity contribution >= 4 is 0 Å². The van der Waals surface area contributed by atoms with Crippen LogP contribution in [0.2, 0.25) is 0 Å². The van der Waals surface area contributed by atoms with Crippen molar-refractivity contribution in [3.05, 3.63) is 392 Å². The molecule has 15 rings (SSSR count). The van der Waals surface area contributed by atoms with E-state index in [1.807, 2.05) is 166 Å². The van der Waals surface area contributed by atoms with Gasteiger partial charge in [-0.2, -0.15) is 0 Å². The van der Waals surface area contributed by atoms with E-state index in [0.29, 0.717) is 0 Å². The molecule has 0 atom stereocenters. The average Bonchev–Trinajstić information content (AvgIpc) is 0.865. The fourth-order valence-corrected chi connectivity index (χ4v) is 10.5. The van der Waals surface area contributed by atoms with Crippen LogP contribution < -0.4 is 0 Å². The minimum absolute atomic E-state index is 0. The molecule has 10 aromatic carbocycles. The van der Waals surface area contributed by atoms with Crippen LogP contribution in [0.1, 0.15) is 27.9 Å². The standard InChI is InChI=1S/5C18H14N.5Ir/c1-14-6-4-7-15(12-14)16-8-5-9-17(13-16)18-10-2-3-11-19-18;1-14-8-10-15(11-9-14)16-5-4-6-17(13-16)18-7-2-3-12-19-18;1-14-7-5-12-18(19-14)17-11-6-10-16(13-17)15-8-3-2-4-9-15;1-14-6-5-13-19-18(14)17-11-9-16(10-12-17)15-7-3-2-4-8-15;1-14-10-11-18(19-13-14)17-9-5-8-16(12-17)15-6-3-2-4-7-15;;;;;/h2-8,10-13H,1H3;2-5,7-13H,1H3;2-10,12-13H,1H3;2-11,13H,1H3;2-8,10-13H,1H3;;;;;/q5*-1;;;;;. The van der Waals surface area contributed by atoms with Crippen LogP contribution in [0.3, 0.4) is 0 Å². The third-order valence-corrected chi connectivity index (χ3v) is 15.6. The molecule has 0 fully saturated rings. The number of aryl methyl sites for hydroxylation is 5. The monoisotopic (exact) mass is 2190 g/mol. The fourth-order valence-electron chi connectivity index (χ4n) is 10.5. The molecule has 0 amide bonds. The molecule has 5 radical (unpaired) electrons. The summed E-state index contributed by atoms with van der Waals surface area (Å²) in [6, 6.07) is 121. The summed E-state index contributed by atoms with van der Waals surface area (Å²) in [7, 11) is 0. The Kier molecular flexibility index (Phi) is 33.4. The molecule has 0 N–H and O–H groups in total. The van der Waals surface area contributed by atoms with Crippen molar-refractivity contribution in [3.8, 4) is 112 Å². The molecule has 0 spiro atoms. The molecule has 0 aliphatic rings. The van der Waals surface area contributed by atoms with Gasteiger partial charge in [0.25, 0.3) is 0 Å². The smallest absolute Gasteiger partial charge is 0.0266 e. The van der Waals surface area contributed by atoms with E-state index in [1.54, 1.807) is 0 Å². The second-order valence-electron chi connectivity index (χ2n) is 22.8. The Morgan fingerprint density at radius 3 is 1.08 bits per heavy atom. The summed E-state index contributed by atoms with van der Waals surface area (Å²) in [5.41, 5.74) is 27.9. The zero-order chi connectivity index (χ0) is 65.4. The summed E-state index contributed by atoms with van der Waals surface area (Å²) in [5.74, 6) is 0. The predicted molar refractivity (Wildman–Crippen MR) is 393 cm³/mol. The minimum atomic E-state index is 0. The van der Waals surface area contributed by atoms with E-state index in [0.717, 1.165) is 62.0 Å². The first-order chi connectivity index (χ1) is 46.6. The summed E-state index contributed by atoms with van der Waals surface area (Å²) in [5, 5.41) is 0. The van der Waals surface area contributed by atoms with Crippen molar-refractivity contribution in [2.75, 3.05) is 0 Å². The number of benzene rings is 10. The molecule has 0 aliphatic carbocycles. The maximum absolute atomic E-state index is 4.55. The molecule has 0 bridgehead atoms. The number of hydrogen-bond donors (Lipinski definition) is 0. The van der Waals surface area contributed by atoms with Crippen molar-refractivity contribution in [1.29, 1.82) is 0 Å². The van der Waals surface area contributed by atoms with Crippen LogP contribution in [0.15, 0.2) is 334 Å². The maximum atomic E-state index is 4.55. The fraction of sp³-hybridized carbons (Fsp3) is 0.0556. The Morgan fingerprint density at radius 1 is 0.240 bits per heavy atom. The van der Waals surface area contributed by atoms with E-state index < -0.39 is 0 Å². The van der Waals surface area contributed by atoms with E-state index >= 15 is 0 Å². The summed E-state index contributed by atoms with van der Waals surface area (Å²) in [4.78, 5) is 22.2. The summed E-state index contributed by atoms with van der Waals surface area (Å²) >= 11 is 0. The first kappa shape index (κ1) is 80.2. The minimum Gasteiger partial charge on any atom is -0.305 e. The van der Waals surface area contributed by atoms with Crippen LogP contribution in [0.25, 0.3) is 112 Å². The third-order valence-electron chi connectivity index (χ3n) is 15.6. The second kappa shape index (κ2) is 41.7. The number of nitrogens with zero attached hydrogens (tertiary/aromatic N) is 5. The Balaban J connectivity index is 0.000000194. The largest absolute Gasteiger partial charge is 0.305 e. The van der Waals surface area contributed by atoms with Crippen LogP contribution in [0, 0.1) is 65.0 Å². The van der Waals surface area contributed by atoms with Crippen LogP contribution >= 0.6 is 0 Å². The van der Waals surface area contributed by atoms with Gasteiger partial charge in [-0.15, -0.1) is 171 Å². The van der Waals surface area contributed by atoms with Gasteiger partial charge < -0.3 is 24.9 Å². The number of rotatable bonds is 10. The van der Waals surface area contributed by atoms with Gasteiger partial charge in [-0.1, -0.05) is 222 Å². The van der Waals surface area contributed by atoms with E-state index in [-0.39, 0.29) is 101 Å². The summed E-state index contributed by atoms with van der Waals surface area (Å²) in [6.07, 6.45) is 7.32. The molecule has 5 nitrogen and oxygen atoms in total. The van der Waals surface area contributed by atoms with E-state index in [1.165, 1.54) is 77.9 Å². The van der Waals surface area contributed by atoms with E-state index in [9.17, 15) is 0 Å². The number of pyridine rings is 5. The van der Waals surface area contributed by atoms with Crippen LogP contribution in [-0.4, -0.2) is 24.9 Å². The summed E-state index contributed by atoms with van der Waals surface area (Å²) in [6.45, 7) is 10.3. The molecule has 100 heavy (non-hydrogen) atoms. The van der Waals surface area contributed by atoms with Gasteiger partial charge in [0.2, 0.25) is 0 Å². The van der Waals surface area contributed by atoms with E-state index in [4.69, 9.17) is 0 Å². The number of aromatic nitrogens is 5. The second-order valence-corrected chi connectivity index (χ2v) is 22.8. The molecule has 0 saturated carbocycles. The van der Waals surface area contributed by atoms with Crippen molar-refractivity contribution in [1.82, 2.24) is 24.9 Å². The molecule has 0 saturated heterocycles. The zero-order valence-corrected chi connectivity index (χ0v) is 67.6. The van der Waals surface area contributed by atoms with E-state index in [2.05, 4.69) is 258 Å². The molecule has 5 heterocycles. The predicted octanol–water partition coefficient (Wildman–Crippen LogP) is 22.6. The van der Waals surface area contributed by atoms with Gasteiger partial charge >= 0.3 is 0 Å². The first-order valence-electron chi connectivity index (χ1n) is 31.7. The molecule has 505 valence electrons. The third kappa shape index (κ3) is 23.4. The van der Waals surface area contributed by atoms with Gasteiger partial charge in [0.15, 0.2) is 0 Å². The zero-order valence-electron chi connectivity index (χ0n) is 55.7. The molecular formula is C90H70Ir5N5-5. The van der Waals surface area contributed by atoms with Crippen molar-refractivity contribution in [2.24, 2.45) is 0 Å². The molecule has 0 unspecified atom stereocenters. The van der Waals surface area contributed by atoms with Crippen molar-refractivity contribution in [3.63, 3.8) is 0 Å².